The molecule has 0 saturated heterocycles. The quantitative estimate of drug-likeness (QED) is 0.610. The van der Waals surface area contributed by atoms with E-state index < -0.39 is 20.8 Å². The summed E-state index contributed by atoms with van der Waals surface area (Å²) < 4.78 is 38.3. The lowest BCUT2D eigenvalue weighted by atomic mass is 10.1. The Morgan fingerprint density at radius 3 is 2.40 bits per heavy atom. The van der Waals surface area contributed by atoms with Crippen LogP contribution in [0.1, 0.15) is 23.1 Å². The van der Waals surface area contributed by atoms with E-state index in [-0.39, 0.29) is 11.4 Å². The number of rotatable bonds is 6. The van der Waals surface area contributed by atoms with Crippen LogP contribution in [0.25, 0.3) is 0 Å². The Balaban J connectivity index is 3.01. The molecule has 1 unspecified atom stereocenters. The molecule has 5 nitrogen and oxygen atoms in total. The van der Waals surface area contributed by atoms with Crippen LogP contribution in [-0.2, 0) is 20.8 Å². The number of nitrogens with one attached hydrogen (secondary N) is 1. The lowest BCUT2D eigenvalue weighted by Crippen LogP contribution is -2.27. The SMILES string of the molecule is Cc1cc(N)c(C)c(S(=O)(=O)NCCCS(C)=O)c1C. The minimum Gasteiger partial charge on any atom is -0.398 e. The van der Waals surface area contributed by atoms with Crippen molar-refractivity contribution in [2.45, 2.75) is 32.1 Å². The van der Waals surface area contributed by atoms with Crippen molar-refractivity contribution >= 4 is 26.5 Å². The summed E-state index contributed by atoms with van der Waals surface area (Å²) >= 11 is 0. The molecule has 0 amide bonds. The van der Waals surface area contributed by atoms with E-state index in [1.54, 1.807) is 26.2 Å². The number of hydrogen-bond donors (Lipinski definition) is 2. The zero-order chi connectivity index (χ0) is 15.5. The van der Waals surface area contributed by atoms with Crippen LogP contribution in [0, 0.1) is 20.8 Å². The van der Waals surface area contributed by atoms with Crippen molar-refractivity contribution < 1.29 is 12.6 Å². The summed E-state index contributed by atoms with van der Waals surface area (Å²) in [4.78, 5) is 0.257. The van der Waals surface area contributed by atoms with Gasteiger partial charge in [0.05, 0.1) is 4.90 Å². The first-order valence-electron chi connectivity index (χ1n) is 6.32. The molecule has 0 aromatic heterocycles. The molecule has 0 aliphatic rings. The standard InChI is InChI=1S/C13H22N2O3S2/c1-9-8-12(14)11(3)13(10(9)2)20(17,18)15-6-5-7-19(4)16/h8,15H,5-7,14H2,1-4H3. The largest absolute Gasteiger partial charge is 0.398 e. The summed E-state index contributed by atoms with van der Waals surface area (Å²) in [6, 6.07) is 1.78. The number of aryl methyl sites for hydroxylation is 1. The van der Waals surface area contributed by atoms with Crippen LogP contribution in [0.5, 0.6) is 0 Å². The van der Waals surface area contributed by atoms with Gasteiger partial charge in [0.25, 0.3) is 0 Å². The van der Waals surface area contributed by atoms with Gasteiger partial charge in [-0.3, -0.25) is 4.21 Å². The van der Waals surface area contributed by atoms with E-state index in [1.165, 1.54) is 0 Å². The van der Waals surface area contributed by atoms with Crippen molar-refractivity contribution in [3.05, 3.63) is 22.8 Å². The van der Waals surface area contributed by atoms with Crippen LogP contribution >= 0.6 is 0 Å². The average Bonchev–Trinajstić information content (AvgIpc) is 2.32. The maximum Gasteiger partial charge on any atom is 0.241 e. The minimum atomic E-state index is -3.59. The second-order valence-electron chi connectivity index (χ2n) is 4.89. The van der Waals surface area contributed by atoms with Crippen LogP contribution in [0.4, 0.5) is 5.69 Å². The van der Waals surface area contributed by atoms with E-state index >= 15 is 0 Å². The van der Waals surface area contributed by atoms with Crippen molar-refractivity contribution in [3.8, 4) is 0 Å². The van der Waals surface area contributed by atoms with Gasteiger partial charge in [-0.05, 0) is 49.9 Å². The fourth-order valence-electron chi connectivity index (χ4n) is 2.00. The molecule has 1 aromatic carbocycles. The predicted octanol–water partition coefficient (Wildman–Crippen LogP) is 1.24. The van der Waals surface area contributed by atoms with Crippen molar-refractivity contribution in [1.29, 1.82) is 0 Å². The zero-order valence-corrected chi connectivity index (χ0v) is 14.0. The highest BCUT2D eigenvalue weighted by Gasteiger charge is 2.21. The predicted molar refractivity (Wildman–Crippen MR) is 83.8 cm³/mol. The van der Waals surface area contributed by atoms with Gasteiger partial charge in [0.15, 0.2) is 0 Å². The maximum atomic E-state index is 12.4. The molecule has 1 atom stereocenters. The Hall–Kier alpha value is -0.920. The first kappa shape index (κ1) is 17.1. The van der Waals surface area contributed by atoms with E-state index in [2.05, 4.69) is 4.72 Å². The van der Waals surface area contributed by atoms with Crippen LogP contribution < -0.4 is 10.5 Å². The van der Waals surface area contributed by atoms with E-state index in [9.17, 15) is 12.6 Å². The molecule has 114 valence electrons. The average molecular weight is 318 g/mol. The Morgan fingerprint density at radius 2 is 1.85 bits per heavy atom. The second kappa shape index (κ2) is 6.69. The lowest BCUT2D eigenvalue weighted by molar-refractivity contribution is 0.579. The van der Waals surface area contributed by atoms with Gasteiger partial charge in [0.2, 0.25) is 10.0 Å². The molecule has 1 aromatic rings. The maximum absolute atomic E-state index is 12.4. The normalized spacial score (nSPS) is 13.4. The first-order chi connectivity index (χ1) is 9.16. The second-order valence-corrected chi connectivity index (χ2v) is 8.15. The summed E-state index contributed by atoms with van der Waals surface area (Å²) in [5.74, 6) is 0.483. The van der Waals surface area contributed by atoms with Crippen LogP contribution in [0.15, 0.2) is 11.0 Å². The summed E-state index contributed by atoms with van der Waals surface area (Å²) in [6.45, 7) is 5.59. The zero-order valence-electron chi connectivity index (χ0n) is 12.3. The van der Waals surface area contributed by atoms with Crippen molar-refractivity contribution in [3.63, 3.8) is 0 Å². The number of anilines is 1. The van der Waals surface area contributed by atoms with Gasteiger partial charge in [-0.2, -0.15) is 0 Å². The highest BCUT2D eigenvalue weighted by Crippen LogP contribution is 2.27. The molecule has 3 N–H and O–H groups in total. The van der Waals surface area contributed by atoms with Crippen LogP contribution in [0.2, 0.25) is 0 Å². The summed E-state index contributed by atoms with van der Waals surface area (Å²) in [5.41, 5.74) is 8.45. The topological polar surface area (TPSA) is 89.3 Å². The lowest BCUT2D eigenvalue weighted by Gasteiger charge is -2.15. The summed E-state index contributed by atoms with van der Waals surface area (Å²) in [5, 5.41) is 0. The molecular formula is C13H22N2O3S2. The fraction of sp³-hybridized carbons (Fsp3) is 0.538. The molecule has 0 bridgehead atoms. The Bertz CT molecular complexity index is 599. The third-order valence-electron chi connectivity index (χ3n) is 3.25. The Morgan fingerprint density at radius 1 is 1.25 bits per heavy atom. The third-order valence-corrected chi connectivity index (χ3v) is 5.84. The van der Waals surface area contributed by atoms with E-state index in [4.69, 9.17) is 5.73 Å². The van der Waals surface area contributed by atoms with Crippen LogP contribution in [-0.4, -0.2) is 31.2 Å². The minimum absolute atomic E-state index is 0.257. The van der Waals surface area contributed by atoms with Crippen molar-refractivity contribution in [1.82, 2.24) is 4.72 Å². The van der Waals surface area contributed by atoms with Gasteiger partial charge in [-0.15, -0.1) is 0 Å². The van der Waals surface area contributed by atoms with Gasteiger partial charge in [0.1, 0.15) is 0 Å². The Kier molecular flexibility index (Phi) is 5.73. The molecular weight excluding hydrogens is 296 g/mol. The molecule has 0 spiro atoms. The number of sulfonamides is 1. The number of nitrogen functional groups attached to an aromatic ring is 1. The van der Waals surface area contributed by atoms with E-state index in [1.807, 2.05) is 6.92 Å². The molecule has 0 aliphatic carbocycles. The summed E-state index contributed by atoms with van der Waals surface area (Å²) in [6.07, 6.45) is 2.14. The number of benzene rings is 1. The highest BCUT2D eigenvalue weighted by molar-refractivity contribution is 7.89. The van der Waals surface area contributed by atoms with E-state index in [0.717, 1.165) is 5.56 Å². The van der Waals surface area contributed by atoms with Crippen molar-refractivity contribution in [2.24, 2.45) is 0 Å². The third kappa shape index (κ3) is 4.04. The molecule has 1 rings (SSSR count). The summed E-state index contributed by atoms with van der Waals surface area (Å²) in [7, 11) is -4.50. The molecule has 7 heteroatoms. The Labute approximate surface area is 123 Å². The van der Waals surface area contributed by atoms with Gasteiger partial charge in [0, 0.05) is 35.0 Å². The fourth-order valence-corrected chi connectivity index (χ4v) is 4.19. The van der Waals surface area contributed by atoms with Gasteiger partial charge in [-0.25, -0.2) is 13.1 Å². The van der Waals surface area contributed by atoms with Crippen LogP contribution in [0.3, 0.4) is 0 Å². The molecule has 0 heterocycles. The van der Waals surface area contributed by atoms with Gasteiger partial charge < -0.3 is 5.73 Å². The molecule has 0 radical (unpaired) electrons. The van der Waals surface area contributed by atoms with E-state index in [0.29, 0.717) is 29.0 Å². The van der Waals surface area contributed by atoms with Gasteiger partial charge in [-0.1, -0.05) is 0 Å². The number of hydrogen-bond acceptors (Lipinski definition) is 4. The number of nitrogens with two attached hydrogens (primary N) is 1. The smallest absolute Gasteiger partial charge is 0.241 e. The molecule has 0 aliphatic heterocycles. The van der Waals surface area contributed by atoms with Crippen molar-refractivity contribution in [2.75, 3.05) is 24.3 Å². The highest BCUT2D eigenvalue weighted by atomic mass is 32.2. The monoisotopic (exact) mass is 318 g/mol. The molecule has 0 saturated carbocycles. The van der Waals surface area contributed by atoms with Gasteiger partial charge >= 0.3 is 0 Å². The molecule has 20 heavy (non-hydrogen) atoms. The molecule has 0 fully saturated rings. The first-order valence-corrected chi connectivity index (χ1v) is 9.54.